The molecule has 25 heavy (non-hydrogen) atoms. The lowest BCUT2D eigenvalue weighted by molar-refractivity contribution is 0.0987. The first-order valence-corrected chi connectivity index (χ1v) is 8.02. The van der Waals surface area contributed by atoms with Gasteiger partial charge in [0.2, 0.25) is 0 Å². The fourth-order valence-electron chi connectivity index (χ4n) is 2.60. The van der Waals surface area contributed by atoms with Crippen molar-refractivity contribution in [3.8, 4) is 11.4 Å². The molecule has 2 aromatic heterocycles. The Labute approximate surface area is 143 Å². The summed E-state index contributed by atoms with van der Waals surface area (Å²) in [5, 5.41) is 14.8. The van der Waals surface area contributed by atoms with Crippen LogP contribution in [0.25, 0.3) is 11.4 Å². The van der Waals surface area contributed by atoms with E-state index >= 15 is 0 Å². The van der Waals surface area contributed by atoms with Gasteiger partial charge in [-0.15, -0.1) is 5.10 Å². The summed E-state index contributed by atoms with van der Waals surface area (Å²) in [6.45, 7) is 0.326. The van der Waals surface area contributed by atoms with Crippen molar-refractivity contribution in [2.45, 2.75) is 25.5 Å². The molecule has 1 aromatic carbocycles. The highest BCUT2D eigenvalue weighted by molar-refractivity contribution is 6.02. The number of hydrogen-bond donors (Lipinski definition) is 1. The molecule has 1 saturated carbocycles. The summed E-state index contributed by atoms with van der Waals surface area (Å²) in [6.07, 6.45) is 2.19. The number of rotatable bonds is 6. The second-order valence-corrected chi connectivity index (χ2v) is 5.91. The molecule has 1 aliphatic rings. The van der Waals surface area contributed by atoms with Crippen molar-refractivity contribution in [2.75, 3.05) is 12.4 Å². The predicted molar refractivity (Wildman–Crippen MR) is 88.9 cm³/mol. The minimum atomic E-state index is -0.318. The Balaban J connectivity index is 1.53. The van der Waals surface area contributed by atoms with Crippen molar-refractivity contribution in [2.24, 2.45) is 0 Å². The van der Waals surface area contributed by atoms with Gasteiger partial charge in [-0.1, -0.05) is 12.1 Å². The number of nitrogens with zero attached hydrogens (tertiary/aromatic N) is 4. The van der Waals surface area contributed by atoms with Crippen LogP contribution in [0.4, 0.5) is 5.69 Å². The smallest absolute Gasteiger partial charge is 0.291 e. The van der Waals surface area contributed by atoms with E-state index in [9.17, 15) is 4.79 Å². The topological polar surface area (TPSA) is 95.1 Å². The molecule has 0 radical (unpaired) electrons. The van der Waals surface area contributed by atoms with Gasteiger partial charge in [0, 0.05) is 18.4 Å². The maximum Gasteiger partial charge on any atom is 0.291 e. The molecule has 3 aromatic rings. The van der Waals surface area contributed by atoms with Crippen LogP contribution in [0.1, 0.15) is 35.2 Å². The van der Waals surface area contributed by atoms with E-state index in [0.717, 1.165) is 18.4 Å². The Bertz CT molecular complexity index is 897. The van der Waals surface area contributed by atoms with E-state index in [-0.39, 0.29) is 11.7 Å². The molecule has 8 nitrogen and oxygen atoms in total. The van der Waals surface area contributed by atoms with Crippen LogP contribution in [0, 0.1) is 0 Å². The van der Waals surface area contributed by atoms with E-state index in [0.29, 0.717) is 29.9 Å². The number of benzene rings is 1. The highest BCUT2D eigenvalue weighted by atomic mass is 16.5. The van der Waals surface area contributed by atoms with Crippen LogP contribution in [0.5, 0.6) is 0 Å². The third-order valence-corrected chi connectivity index (χ3v) is 3.94. The van der Waals surface area contributed by atoms with Gasteiger partial charge in [0.15, 0.2) is 11.6 Å². The van der Waals surface area contributed by atoms with Gasteiger partial charge >= 0.3 is 0 Å². The normalized spacial score (nSPS) is 13.8. The Kier molecular flexibility index (Phi) is 4.02. The van der Waals surface area contributed by atoms with Crippen LogP contribution in [-0.4, -0.2) is 33.2 Å². The zero-order valence-corrected chi connectivity index (χ0v) is 13.7. The van der Waals surface area contributed by atoms with E-state index in [2.05, 4.69) is 20.8 Å². The Morgan fingerprint density at radius 1 is 1.36 bits per heavy atom. The number of nitrogens with one attached hydrogen (secondary N) is 1. The van der Waals surface area contributed by atoms with Crippen molar-refractivity contribution in [1.29, 1.82) is 0 Å². The summed E-state index contributed by atoms with van der Waals surface area (Å²) < 4.78 is 12.3. The largest absolute Gasteiger partial charge is 0.453 e. The highest BCUT2D eigenvalue weighted by Gasteiger charge is 2.28. The highest BCUT2D eigenvalue weighted by Crippen LogP contribution is 2.36. The molecule has 0 bridgehead atoms. The summed E-state index contributed by atoms with van der Waals surface area (Å²) in [4.78, 5) is 12.3. The zero-order valence-electron chi connectivity index (χ0n) is 13.7. The van der Waals surface area contributed by atoms with Crippen molar-refractivity contribution < 1.29 is 13.9 Å². The summed E-state index contributed by atoms with van der Waals surface area (Å²) >= 11 is 0. The SMILES string of the molecule is COCc1ccc(C(=O)Nc2cccc(-c3nnnn3C3CC3)c2)o1. The number of tetrazole rings is 1. The number of methoxy groups -OCH3 is 1. The summed E-state index contributed by atoms with van der Waals surface area (Å²) in [7, 11) is 1.57. The first-order valence-electron chi connectivity index (χ1n) is 8.02. The number of ether oxygens (including phenoxy) is 1. The first kappa shape index (κ1) is 15.5. The second-order valence-electron chi connectivity index (χ2n) is 5.91. The monoisotopic (exact) mass is 339 g/mol. The van der Waals surface area contributed by atoms with Crippen LogP contribution in [-0.2, 0) is 11.3 Å². The van der Waals surface area contributed by atoms with Crippen LogP contribution in [0.15, 0.2) is 40.8 Å². The van der Waals surface area contributed by atoms with Gasteiger partial charge < -0.3 is 14.5 Å². The summed E-state index contributed by atoms with van der Waals surface area (Å²) in [6, 6.07) is 11.2. The lowest BCUT2D eigenvalue weighted by Crippen LogP contribution is -2.11. The van der Waals surface area contributed by atoms with E-state index < -0.39 is 0 Å². The molecular weight excluding hydrogens is 322 g/mol. The van der Waals surface area contributed by atoms with Crippen LogP contribution >= 0.6 is 0 Å². The molecule has 1 fully saturated rings. The lowest BCUT2D eigenvalue weighted by Gasteiger charge is -2.06. The third-order valence-electron chi connectivity index (χ3n) is 3.94. The number of amides is 1. The molecule has 0 atom stereocenters. The molecule has 1 aliphatic carbocycles. The molecule has 0 aliphatic heterocycles. The molecule has 1 amide bonds. The maximum absolute atomic E-state index is 12.3. The van der Waals surface area contributed by atoms with E-state index in [1.165, 1.54) is 0 Å². The molecule has 8 heteroatoms. The average Bonchev–Trinajstić information content (AvgIpc) is 3.15. The van der Waals surface area contributed by atoms with Crippen molar-refractivity contribution >= 4 is 11.6 Å². The number of hydrogen-bond acceptors (Lipinski definition) is 6. The number of furan rings is 1. The van der Waals surface area contributed by atoms with Gasteiger partial charge in [-0.3, -0.25) is 4.79 Å². The lowest BCUT2D eigenvalue weighted by atomic mass is 10.2. The molecule has 4 rings (SSSR count). The van der Waals surface area contributed by atoms with E-state index in [4.69, 9.17) is 9.15 Å². The minimum absolute atomic E-state index is 0.236. The average molecular weight is 339 g/mol. The molecule has 128 valence electrons. The van der Waals surface area contributed by atoms with Gasteiger partial charge in [0.05, 0.1) is 6.04 Å². The van der Waals surface area contributed by atoms with Crippen molar-refractivity contribution in [1.82, 2.24) is 20.2 Å². The van der Waals surface area contributed by atoms with Crippen LogP contribution < -0.4 is 5.32 Å². The Morgan fingerprint density at radius 2 is 2.24 bits per heavy atom. The fraction of sp³-hybridized carbons (Fsp3) is 0.294. The zero-order chi connectivity index (χ0) is 17.2. The van der Waals surface area contributed by atoms with Gasteiger partial charge in [0.25, 0.3) is 5.91 Å². The van der Waals surface area contributed by atoms with Crippen molar-refractivity contribution in [3.05, 3.63) is 47.9 Å². The van der Waals surface area contributed by atoms with Crippen LogP contribution in [0.2, 0.25) is 0 Å². The third kappa shape index (κ3) is 3.29. The van der Waals surface area contributed by atoms with Crippen molar-refractivity contribution in [3.63, 3.8) is 0 Å². The van der Waals surface area contributed by atoms with E-state index in [1.54, 1.807) is 19.2 Å². The number of anilines is 1. The van der Waals surface area contributed by atoms with Gasteiger partial charge in [-0.05, 0) is 47.5 Å². The molecule has 2 heterocycles. The standard InChI is InChI=1S/C17H17N5O3/c1-24-10-14-7-8-15(25-14)17(23)18-12-4-2-3-11(9-12)16-19-20-21-22(16)13-5-6-13/h2-4,7-9,13H,5-6,10H2,1H3,(H,18,23). The van der Waals surface area contributed by atoms with Gasteiger partial charge in [0.1, 0.15) is 12.4 Å². The Morgan fingerprint density at radius 3 is 3.04 bits per heavy atom. The number of aromatic nitrogens is 4. The van der Waals surface area contributed by atoms with Crippen LogP contribution in [0.3, 0.4) is 0 Å². The molecule has 0 unspecified atom stereocenters. The second kappa shape index (κ2) is 6.48. The summed E-state index contributed by atoms with van der Waals surface area (Å²) in [5.74, 6) is 1.23. The summed E-state index contributed by atoms with van der Waals surface area (Å²) in [5.41, 5.74) is 1.51. The minimum Gasteiger partial charge on any atom is -0.453 e. The van der Waals surface area contributed by atoms with Gasteiger partial charge in [-0.25, -0.2) is 4.68 Å². The van der Waals surface area contributed by atoms with E-state index in [1.807, 2.05) is 28.9 Å². The Hall–Kier alpha value is -3.00. The fourth-order valence-corrected chi connectivity index (χ4v) is 2.60. The predicted octanol–water partition coefficient (Wildman–Crippen LogP) is 2.67. The maximum atomic E-state index is 12.3. The van der Waals surface area contributed by atoms with Gasteiger partial charge in [-0.2, -0.15) is 0 Å². The quantitative estimate of drug-likeness (QED) is 0.742. The molecule has 0 spiro atoms. The number of carbonyl (C=O) groups excluding carboxylic acids is 1. The molecule has 1 N–H and O–H groups in total. The number of carbonyl (C=O) groups is 1. The molecular formula is C17H17N5O3. The first-order chi connectivity index (χ1) is 12.2. The molecule has 0 saturated heterocycles.